The van der Waals surface area contributed by atoms with E-state index in [2.05, 4.69) is 15.4 Å². The molecule has 0 amide bonds. The van der Waals surface area contributed by atoms with E-state index in [1.165, 1.54) is 0 Å². The summed E-state index contributed by atoms with van der Waals surface area (Å²) in [6.45, 7) is 0. The average Bonchev–Trinajstić information content (AvgIpc) is 2.90. The van der Waals surface area contributed by atoms with Gasteiger partial charge in [-0.05, 0) is 24.3 Å². The zero-order valence-electron chi connectivity index (χ0n) is 11.9. The smallest absolute Gasteiger partial charge is 0.309 e. The highest BCUT2D eigenvalue weighted by molar-refractivity contribution is 5.93. The third kappa shape index (κ3) is 2.88. The molecule has 1 N–H and O–H groups in total. The van der Waals surface area contributed by atoms with Crippen molar-refractivity contribution in [3.63, 3.8) is 0 Å². The van der Waals surface area contributed by atoms with Crippen molar-refractivity contribution in [3.05, 3.63) is 54.7 Å². The Hall–Kier alpha value is -3.33. The van der Waals surface area contributed by atoms with Crippen LogP contribution >= 0.6 is 0 Å². The molecule has 1 aromatic heterocycles. The molecule has 3 rings (SSSR count). The highest BCUT2D eigenvalue weighted by Crippen LogP contribution is 2.25. The van der Waals surface area contributed by atoms with Crippen LogP contribution in [0.15, 0.2) is 59.7 Å². The van der Waals surface area contributed by atoms with Crippen molar-refractivity contribution in [1.82, 2.24) is 15.1 Å². The second-order valence-electron chi connectivity index (χ2n) is 4.58. The number of benzene rings is 2. The maximum atomic E-state index is 8.87. The Morgan fingerprint density at radius 1 is 1.23 bits per heavy atom. The number of aromatic nitrogens is 2. The van der Waals surface area contributed by atoms with Crippen molar-refractivity contribution >= 4 is 22.6 Å². The van der Waals surface area contributed by atoms with E-state index in [-0.39, 0.29) is 6.02 Å². The van der Waals surface area contributed by atoms with Crippen LogP contribution in [0.2, 0.25) is 0 Å². The third-order valence-electron chi connectivity index (χ3n) is 2.98. The van der Waals surface area contributed by atoms with Crippen LogP contribution < -0.4 is 10.1 Å². The Bertz CT molecular complexity index is 861. The first-order valence-electron chi connectivity index (χ1n) is 6.65. The summed E-state index contributed by atoms with van der Waals surface area (Å²) in [6.07, 6.45) is 3.71. The molecule has 0 bridgehead atoms. The molecule has 1 heterocycles. The van der Waals surface area contributed by atoms with Crippen LogP contribution in [0.4, 0.5) is 5.69 Å². The van der Waals surface area contributed by atoms with E-state index in [1.807, 2.05) is 55.8 Å². The Morgan fingerprint density at radius 3 is 2.82 bits per heavy atom. The molecule has 0 unspecified atom stereocenters. The van der Waals surface area contributed by atoms with Crippen molar-refractivity contribution < 1.29 is 4.74 Å². The lowest BCUT2D eigenvalue weighted by Gasteiger charge is -2.06. The SMILES string of the molecule is Cn1cc2c(N=C(NC#N)Oc3ccccc3)cccc2n1. The van der Waals surface area contributed by atoms with Crippen LogP contribution in [-0.2, 0) is 7.05 Å². The first-order chi connectivity index (χ1) is 10.8. The van der Waals surface area contributed by atoms with Gasteiger partial charge in [-0.25, -0.2) is 5.32 Å². The van der Waals surface area contributed by atoms with Crippen LogP contribution in [0.3, 0.4) is 0 Å². The van der Waals surface area contributed by atoms with Crippen LogP contribution in [0.1, 0.15) is 0 Å². The quantitative estimate of drug-likeness (QED) is 0.341. The standard InChI is InChI=1S/C16H13N5O/c1-21-10-13-14(8-5-9-15(13)20-21)19-16(18-11-17)22-12-6-3-2-4-7-12/h2-10H,1H3,(H,18,19). The van der Waals surface area contributed by atoms with E-state index >= 15 is 0 Å². The molecule has 6 heteroatoms. The van der Waals surface area contributed by atoms with Gasteiger partial charge in [-0.3, -0.25) is 4.68 Å². The number of nitriles is 1. The molecule has 0 radical (unpaired) electrons. The predicted molar refractivity (Wildman–Crippen MR) is 83.6 cm³/mol. The highest BCUT2D eigenvalue weighted by atomic mass is 16.5. The molecule has 22 heavy (non-hydrogen) atoms. The maximum absolute atomic E-state index is 8.87. The number of nitrogens with zero attached hydrogens (tertiary/aromatic N) is 4. The first kappa shape index (κ1) is 13.6. The molecule has 6 nitrogen and oxygen atoms in total. The van der Waals surface area contributed by atoms with Crippen LogP contribution in [0.25, 0.3) is 10.9 Å². The fourth-order valence-electron chi connectivity index (χ4n) is 2.08. The Labute approximate surface area is 127 Å². The highest BCUT2D eigenvalue weighted by Gasteiger charge is 2.07. The zero-order chi connectivity index (χ0) is 15.4. The number of ether oxygens (including phenoxy) is 1. The van der Waals surface area contributed by atoms with Gasteiger partial charge in [0.15, 0.2) is 6.19 Å². The summed E-state index contributed by atoms with van der Waals surface area (Å²) in [5.74, 6) is 0.599. The lowest BCUT2D eigenvalue weighted by atomic mass is 10.2. The number of fused-ring (bicyclic) bond motifs is 1. The van der Waals surface area contributed by atoms with Gasteiger partial charge in [0.1, 0.15) is 5.75 Å². The summed E-state index contributed by atoms with van der Waals surface area (Å²) in [5.41, 5.74) is 1.51. The number of amidine groups is 1. The molecule has 0 aliphatic rings. The zero-order valence-corrected chi connectivity index (χ0v) is 11.9. The third-order valence-corrected chi connectivity index (χ3v) is 2.98. The monoisotopic (exact) mass is 291 g/mol. The van der Waals surface area contributed by atoms with E-state index in [1.54, 1.807) is 16.8 Å². The van der Waals surface area contributed by atoms with Gasteiger partial charge >= 0.3 is 6.02 Å². The van der Waals surface area contributed by atoms with Gasteiger partial charge in [0.25, 0.3) is 0 Å². The maximum Gasteiger partial charge on any atom is 0.309 e. The number of aryl methyl sites for hydroxylation is 1. The minimum absolute atomic E-state index is 0.116. The van der Waals surface area contributed by atoms with Gasteiger partial charge in [-0.15, -0.1) is 0 Å². The minimum Gasteiger partial charge on any atom is -0.425 e. The molecule has 0 saturated heterocycles. The topological polar surface area (TPSA) is 75.2 Å². The Morgan fingerprint density at radius 2 is 2.05 bits per heavy atom. The molecular formula is C16H13N5O. The number of para-hydroxylation sites is 1. The molecule has 0 aliphatic carbocycles. The van der Waals surface area contributed by atoms with E-state index in [0.29, 0.717) is 11.4 Å². The summed E-state index contributed by atoms with van der Waals surface area (Å²) in [6, 6.07) is 14.9. The van der Waals surface area contributed by atoms with Gasteiger partial charge in [-0.1, -0.05) is 24.3 Å². The molecule has 0 fully saturated rings. The summed E-state index contributed by atoms with van der Waals surface area (Å²) in [5, 5.41) is 16.5. The van der Waals surface area contributed by atoms with E-state index < -0.39 is 0 Å². The van der Waals surface area contributed by atoms with Gasteiger partial charge < -0.3 is 4.74 Å². The lowest BCUT2D eigenvalue weighted by molar-refractivity contribution is 0.531. The van der Waals surface area contributed by atoms with Crippen molar-refractivity contribution in [2.24, 2.45) is 12.0 Å². The fraction of sp³-hybridized carbons (Fsp3) is 0.0625. The molecule has 0 saturated carbocycles. The fourth-order valence-corrected chi connectivity index (χ4v) is 2.08. The molecule has 108 valence electrons. The number of nitrogens with one attached hydrogen (secondary N) is 1. The summed E-state index contributed by atoms with van der Waals surface area (Å²) in [4.78, 5) is 4.39. The van der Waals surface area contributed by atoms with Crippen LogP contribution in [-0.4, -0.2) is 15.8 Å². The molecule has 0 atom stereocenters. The number of hydrogen-bond donors (Lipinski definition) is 1. The van der Waals surface area contributed by atoms with Gasteiger partial charge in [0, 0.05) is 18.6 Å². The lowest BCUT2D eigenvalue weighted by Crippen LogP contribution is -2.23. The second-order valence-corrected chi connectivity index (χ2v) is 4.58. The first-order valence-corrected chi connectivity index (χ1v) is 6.65. The second kappa shape index (κ2) is 5.97. The van der Waals surface area contributed by atoms with E-state index in [0.717, 1.165) is 10.9 Å². The van der Waals surface area contributed by atoms with E-state index in [4.69, 9.17) is 10.00 Å². The predicted octanol–water partition coefficient (Wildman–Crippen LogP) is 2.71. The van der Waals surface area contributed by atoms with Gasteiger partial charge in [-0.2, -0.15) is 15.4 Å². The van der Waals surface area contributed by atoms with Crippen molar-refractivity contribution in [1.29, 1.82) is 5.26 Å². The van der Waals surface area contributed by atoms with Crippen LogP contribution in [0.5, 0.6) is 5.75 Å². The number of rotatable bonds is 2. The Kier molecular flexibility index (Phi) is 3.70. The van der Waals surface area contributed by atoms with Crippen LogP contribution in [0, 0.1) is 11.5 Å². The van der Waals surface area contributed by atoms with Gasteiger partial charge in [0.05, 0.1) is 11.2 Å². The Balaban J connectivity index is 1.99. The van der Waals surface area contributed by atoms with Crippen molar-refractivity contribution in [3.8, 4) is 11.9 Å². The van der Waals surface area contributed by atoms with Gasteiger partial charge in [0.2, 0.25) is 0 Å². The molecule has 2 aromatic carbocycles. The number of hydrogen-bond acceptors (Lipinski definition) is 4. The van der Waals surface area contributed by atoms with Crippen molar-refractivity contribution in [2.45, 2.75) is 0 Å². The molecular weight excluding hydrogens is 278 g/mol. The normalized spacial score (nSPS) is 11.2. The largest absolute Gasteiger partial charge is 0.425 e. The van der Waals surface area contributed by atoms with E-state index in [9.17, 15) is 0 Å². The molecule has 0 spiro atoms. The average molecular weight is 291 g/mol. The summed E-state index contributed by atoms with van der Waals surface area (Å²) >= 11 is 0. The number of aliphatic imine (C=N–C) groups is 1. The van der Waals surface area contributed by atoms with Crippen molar-refractivity contribution in [2.75, 3.05) is 0 Å². The summed E-state index contributed by atoms with van der Waals surface area (Å²) in [7, 11) is 1.85. The summed E-state index contributed by atoms with van der Waals surface area (Å²) < 4.78 is 7.33. The molecule has 0 aliphatic heterocycles. The minimum atomic E-state index is 0.116. The molecule has 3 aromatic rings.